The number of hydrogen-bond acceptors (Lipinski definition) is 1. The predicted octanol–water partition coefficient (Wildman–Crippen LogP) is 2.51. The summed E-state index contributed by atoms with van der Waals surface area (Å²) in [6.07, 6.45) is -1.21. The van der Waals surface area contributed by atoms with E-state index < -0.39 is 24.6 Å². The molecule has 0 spiro atoms. The second kappa shape index (κ2) is 2.66. The van der Waals surface area contributed by atoms with Gasteiger partial charge in [-0.2, -0.15) is 0 Å². The van der Waals surface area contributed by atoms with E-state index in [4.69, 9.17) is 0 Å². The average Bonchev–Trinajstić information content (AvgIpc) is 1.97. The molecular formula is C7H11F3O. The summed E-state index contributed by atoms with van der Waals surface area (Å²) in [7, 11) is 1.21. The first kappa shape index (κ1) is 8.84. The van der Waals surface area contributed by atoms with Gasteiger partial charge in [0.05, 0.1) is 0 Å². The highest BCUT2D eigenvalue weighted by Crippen LogP contribution is 2.40. The van der Waals surface area contributed by atoms with Crippen LogP contribution in [0.1, 0.15) is 25.7 Å². The molecule has 1 saturated carbocycles. The average molecular weight is 168 g/mol. The van der Waals surface area contributed by atoms with Gasteiger partial charge in [-0.1, -0.05) is 0 Å². The molecule has 4 heteroatoms. The Balaban J connectivity index is 2.48. The molecule has 1 rings (SSSR count). The second-order valence-corrected chi connectivity index (χ2v) is 2.94. The zero-order chi connectivity index (χ0) is 8.54. The summed E-state index contributed by atoms with van der Waals surface area (Å²) in [4.78, 5) is 0. The lowest BCUT2D eigenvalue weighted by atomic mass is 9.92. The van der Waals surface area contributed by atoms with Gasteiger partial charge < -0.3 is 4.74 Å². The fourth-order valence-corrected chi connectivity index (χ4v) is 1.19. The molecule has 0 aromatic heterocycles. The van der Waals surface area contributed by atoms with Gasteiger partial charge in [0.25, 0.3) is 0 Å². The van der Waals surface area contributed by atoms with Crippen LogP contribution < -0.4 is 0 Å². The minimum Gasteiger partial charge on any atom is -0.349 e. The maximum Gasteiger partial charge on any atom is 0.248 e. The molecule has 0 aromatic carbocycles. The first-order valence-electron chi connectivity index (χ1n) is 3.59. The van der Waals surface area contributed by atoms with E-state index in [0.29, 0.717) is 0 Å². The Bertz CT molecular complexity index is 137. The predicted molar refractivity (Wildman–Crippen MR) is 34.3 cm³/mol. The molecule has 66 valence electrons. The molecule has 0 heterocycles. The Morgan fingerprint density at radius 3 is 1.82 bits per heavy atom. The Morgan fingerprint density at radius 1 is 1.00 bits per heavy atom. The molecule has 0 amide bonds. The van der Waals surface area contributed by atoms with Gasteiger partial charge in [-0.3, -0.25) is 0 Å². The van der Waals surface area contributed by atoms with Gasteiger partial charge in [-0.05, 0) is 0 Å². The lowest BCUT2D eigenvalue weighted by Crippen LogP contribution is -2.36. The number of ether oxygens (including phenoxy) is 1. The molecule has 0 unspecified atom stereocenters. The minimum atomic E-state index is -2.69. The highest BCUT2D eigenvalue weighted by molar-refractivity contribution is 4.82. The summed E-state index contributed by atoms with van der Waals surface area (Å²) in [5.41, 5.74) is 0. The summed E-state index contributed by atoms with van der Waals surface area (Å²) in [5, 5.41) is 0. The van der Waals surface area contributed by atoms with Gasteiger partial charge in [0.1, 0.15) is 0 Å². The van der Waals surface area contributed by atoms with Gasteiger partial charge in [-0.25, -0.2) is 13.2 Å². The molecule has 0 saturated heterocycles. The van der Waals surface area contributed by atoms with E-state index in [1.54, 1.807) is 0 Å². The lowest BCUT2D eigenvalue weighted by molar-refractivity contribution is -0.184. The van der Waals surface area contributed by atoms with E-state index in [1.807, 2.05) is 0 Å². The quantitative estimate of drug-likeness (QED) is 0.584. The van der Waals surface area contributed by atoms with E-state index in [9.17, 15) is 13.2 Å². The van der Waals surface area contributed by atoms with Gasteiger partial charge in [-0.15, -0.1) is 0 Å². The van der Waals surface area contributed by atoms with Crippen LogP contribution in [0.3, 0.4) is 0 Å². The van der Waals surface area contributed by atoms with E-state index in [0.717, 1.165) is 0 Å². The van der Waals surface area contributed by atoms with Crippen molar-refractivity contribution in [1.29, 1.82) is 0 Å². The van der Waals surface area contributed by atoms with E-state index in [-0.39, 0.29) is 12.8 Å². The third-order valence-electron chi connectivity index (χ3n) is 2.09. The van der Waals surface area contributed by atoms with Crippen LogP contribution in [-0.2, 0) is 4.74 Å². The Hall–Kier alpha value is -0.250. The molecule has 11 heavy (non-hydrogen) atoms. The maximum atomic E-state index is 13.1. The molecule has 0 N–H and O–H groups in total. The van der Waals surface area contributed by atoms with Crippen molar-refractivity contribution in [2.75, 3.05) is 7.11 Å². The SMILES string of the molecule is COC1(F)CCC(F)(F)CC1. The van der Waals surface area contributed by atoms with E-state index in [1.165, 1.54) is 7.11 Å². The van der Waals surface area contributed by atoms with Crippen molar-refractivity contribution in [3.05, 3.63) is 0 Å². The molecule has 1 fully saturated rings. The molecule has 0 aromatic rings. The van der Waals surface area contributed by atoms with E-state index >= 15 is 0 Å². The Labute approximate surface area is 63.5 Å². The fraction of sp³-hybridized carbons (Fsp3) is 1.00. The van der Waals surface area contributed by atoms with Crippen molar-refractivity contribution in [1.82, 2.24) is 0 Å². The van der Waals surface area contributed by atoms with Crippen LogP contribution in [0.25, 0.3) is 0 Å². The fourth-order valence-electron chi connectivity index (χ4n) is 1.19. The molecule has 0 radical (unpaired) electrons. The van der Waals surface area contributed by atoms with Crippen LogP contribution in [0, 0.1) is 0 Å². The lowest BCUT2D eigenvalue weighted by Gasteiger charge is -2.32. The number of alkyl halides is 3. The molecular weight excluding hydrogens is 157 g/mol. The zero-order valence-corrected chi connectivity index (χ0v) is 6.37. The van der Waals surface area contributed by atoms with Crippen LogP contribution in [0.2, 0.25) is 0 Å². The molecule has 0 atom stereocenters. The number of halogens is 3. The van der Waals surface area contributed by atoms with Crippen molar-refractivity contribution in [3.8, 4) is 0 Å². The topological polar surface area (TPSA) is 9.23 Å². The first-order chi connectivity index (χ1) is 4.97. The van der Waals surface area contributed by atoms with Crippen molar-refractivity contribution in [2.45, 2.75) is 37.5 Å². The number of hydrogen-bond donors (Lipinski definition) is 0. The van der Waals surface area contributed by atoms with Crippen molar-refractivity contribution >= 4 is 0 Å². The zero-order valence-electron chi connectivity index (χ0n) is 6.37. The standard InChI is InChI=1S/C7H11F3O/c1-11-7(10)4-2-6(8,9)3-5-7/h2-5H2,1H3. The number of methoxy groups -OCH3 is 1. The van der Waals surface area contributed by atoms with Crippen molar-refractivity contribution < 1.29 is 17.9 Å². The van der Waals surface area contributed by atoms with E-state index in [2.05, 4.69) is 4.74 Å². The summed E-state index contributed by atoms with van der Waals surface area (Å²) >= 11 is 0. The second-order valence-electron chi connectivity index (χ2n) is 2.94. The van der Waals surface area contributed by atoms with Gasteiger partial charge in [0.2, 0.25) is 11.8 Å². The van der Waals surface area contributed by atoms with Crippen LogP contribution in [0.4, 0.5) is 13.2 Å². The van der Waals surface area contributed by atoms with Crippen LogP contribution in [0.15, 0.2) is 0 Å². The first-order valence-corrected chi connectivity index (χ1v) is 3.59. The highest BCUT2D eigenvalue weighted by atomic mass is 19.3. The third kappa shape index (κ3) is 2.09. The summed E-state index contributed by atoms with van der Waals surface area (Å²) < 4.78 is 42.5. The minimum absolute atomic E-state index is 0.198. The van der Waals surface area contributed by atoms with Gasteiger partial charge in [0, 0.05) is 32.8 Å². The van der Waals surface area contributed by atoms with Crippen LogP contribution in [0.5, 0.6) is 0 Å². The monoisotopic (exact) mass is 168 g/mol. The molecule has 0 aliphatic heterocycles. The molecule has 1 aliphatic rings. The van der Waals surface area contributed by atoms with Crippen molar-refractivity contribution in [2.24, 2.45) is 0 Å². The summed E-state index contributed by atoms with van der Waals surface area (Å²) in [6, 6.07) is 0. The summed E-state index contributed by atoms with van der Waals surface area (Å²) in [5.74, 6) is -4.49. The maximum absolute atomic E-state index is 13.1. The summed E-state index contributed by atoms with van der Waals surface area (Å²) in [6.45, 7) is 0. The Morgan fingerprint density at radius 2 is 1.45 bits per heavy atom. The smallest absolute Gasteiger partial charge is 0.248 e. The van der Waals surface area contributed by atoms with Crippen LogP contribution in [-0.4, -0.2) is 18.9 Å². The number of rotatable bonds is 1. The van der Waals surface area contributed by atoms with Crippen molar-refractivity contribution in [3.63, 3.8) is 0 Å². The molecule has 1 aliphatic carbocycles. The third-order valence-corrected chi connectivity index (χ3v) is 2.09. The Kier molecular flexibility index (Phi) is 2.14. The van der Waals surface area contributed by atoms with Crippen LogP contribution >= 0.6 is 0 Å². The normalized spacial score (nSPS) is 28.4. The molecule has 1 nitrogen and oxygen atoms in total. The largest absolute Gasteiger partial charge is 0.349 e. The van der Waals surface area contributed by atoms with Gasteiger partial charge >= 0.3 is 0 Å². The highest BCUT2D eigenvalue weighted by Gasteiger charge is 2.43. The van der Waals surface area contributed by atoms with Gasteiger partial charge in [0.15, 0.2) is 0 Å². The molecule has 0 bridgehead atoms.